The lowest BCUT2D eigenvalue weighted by Crippen LogP contribution is -2.05. The van der Waals surface area contributed by atoms with Crippen molar-refractivity contribution < 1.29 is 4.39 Å². The maximum atomic E-state index is 12.8. The van der Waals surface area contributed by atoms with Crippen molar-refractivity contribution in [3.63, 3.8) is 0 Å². The number of aromatic nitrogens is 3. The van der Waals surface area contributed by atoms with Gasteiger partial charge in [-0.25, -0.2) is 9.37 Å². The van der Waals surface area contributed by atoms with Gasteiger partial charge in [0.15, 0.2) is 0 Å². The molecule has 0 saturated carbocycles. The van der Waals surface area contributed by atoms with Gasteiger partial charge < -0.3 is 9.88 Å². The fraction of sp³-hybridized carbons (Fsp3) is 0.200. The number of aryl methyl sites for hydroxylation is 1. The van der Waals surface area contributed by atoms with Crippen LogP contribution in [-0.2, 0) is 13.6 Å². The highest BCUT2D eigenvalue weighted by Crippen LogP contribution is 2.08. The number of nitrogens with one attached hydrogen (secondary N) is 1. The van der Waals surface area contributed by atoms with Crippen molar-refractivity contribution in [3.8, 4) is 0 Å². The summed E-state index contributed by atoms with van der Waals surface area (Å²) in [6.07, 6.45) is 6.33. The van der Waals surface area contributed by atoms with E-state index < -0.39 is 0 Å². The van der Waals surface area contributed by atoms with Crippen LogP contribution in [0.4, 0.5) is 10.1 Å². The van der Waals surface area contributed by atoms with Gasteiger partial charge in [0.05, 0.1) is 24.6 Å². The summed E-state index contributed by atoms with van der Waals surface area (Å²) in [5.41, 5.74) is 0.651. The molecule has 78 valence electrons. The van der Waals surface area contributed by atoms with Crippen LogP contribution in [0, 0.1) is 5.82 Å². The zero-order valence-corrected chi connectivity index (χ0v) is 8.31. The number of rotatable bonds is 3. The predicted molar refractivity (Wildman–Crippen MR) is 54.7 cm³/mol. The smallest absolute Gasteiger partial charge is 0.143 e. The first-order valence-electron chi connectivity index (χ1n) is 4.56. The molecule has 0 aliphatic carbocycles. The molecule has 2 aromatic rings. The van der Waals surface area contributed by atoms with Crippen LogP contribution >= 0.6 is 0 Å². The van der Waals surface area contributed by atoms with Crippen LogP contribution in [0.3, 0.4) is 0 Å². The summed E-state index contributed by atoms with van der Waals surface area (Å²) in [4.78, 5) is 7.88. The molecule has 0 radical (unpaired) electrons. The maximum Gasteiger partial charge on any atom is 0.143 e. The third kappa shape index (κ3) is 2.31. The molecule has 0 saturated heterocycles. The van der Waals surface area contributed by atoms with Crippen molar-refractivity contribution in [2.75, 3.05) is 5.32 Å². The van der Waals surface area contributed by atoms with Crippen LogP contribution in [0.15, 0.2) is 30.9 Å². The first-order chi connectivity index (χ1) is 7.25. The number of nitrogens with zero attached hydrogens (tertiary/aromatic N) is 3. The Morgan fingerprint density at radius 1 is 1.47 bits per heavy atom. The minimum Gasteiger partial charge on any atom is -0.376 e. The van der Waals surface area contributed by atoms with Crippen molar-refractivity contribution in [2.45, 2.75) is 6.54 Å². The van der Waals surface area contributed by atoms with Gasteiger partial charge in [0.1, 0.15) is 11.6 Å². The maximum absolute atomic E-state index is 12.8. The molecule has 0 fully saturated rings. The van der Waals surface area contributed by atoms with Crippen LogP contribution in [0.25, 0.3) is 0 Å². The Morgan fingerprint density at radius 2 is 2.33 bits per heavy atom. The van der Waals surface area contributed by atoms with Gasteiger partial charge in [-0.05, 0) is 0 Å². The molecule has 0 unspecified atom stereocenters. The van der Waals surface area contributed by atoms with Gasteiger partial charge in [-0.3, -0.25) is 4.98 Å². The Balaban J connectivity index is 2.02. The van der Waals surface area contributed by atoms with Crippen LogP contribution < -0.4 is 5.32 Å². The zero-order chi connectivity index (χ0) is 10.7. The average Bonchev–Trinajstić information content (AvgIpc) is 2.61. The van der Waals surface area contributed by atoms with Crippen molar-refractivity contribution in [3.05, 3.63) is 42.5 Å². The van der Waals surface area contributed by atoms with Crippen molar-refractivity contribution in [1.29, 1.82) is 0 Å². The fourth-order valence-corrected chi connectivity index (χ4v) is 1.26. The van der Waals surface area contributed by atoms with Gasteiger partial charge >= 0.3 is 0 Å². The first kappa shape index (κ1) is 9.64. The molecule has 15 heavy (non-hydrogen) atoms. The quantitative estimate of drug-likeness (QED) is 0.828. The SMILES string of the molecule is Cn1ccnc1CNc1cncc(F)c1. The third-order valence-electron chi connectivity index (χ3n) is 2.08. The van der Waals surface area contributed by atoms with E-state index in [0.717, 1.165) is 5.82 Å². The summed E-state index contributed by atoms with van der Waals surface area (Å²) >= 11 is 0. The normalized spacial score (nSPS) is 10.3. The summed E-state index contributed by atoms with van der Waals surface area (Å²) in [7, 11) is 1.91. The second-order valence-corrected chi connectivity index (χ2v) is 3.20. The van der Waals surface area contributed by atoms with E-state index in [-0.39, 0.29) is 5.82 Å². The molecular weight excluding hydrogens is 195 g/mol. The Kier molecular flexibility index (Phi) is 2.62. The molecule has 0 amide bonds. The van der Waals surface area contributed by atoms with E-state index in [1.54, 1.807) is 12.4 Å². The number of anilines is 1. The molecule has 0 aromatic carbocycles. The molecule has 2 aromatic heterocycles. The lowest BCUT2D eigenvalue weighted by molar-refractivity contribution is 0.621. The highest BCUT2D eigenvalue weighted by atomic mass is 19.1. The minimum atomic E-state index is -0.347. The number of imidazole rings is 1. The molecule has 5 heteroatoms. The lowest BCUT2D eigenvalue weighted by atomic mass is 10.4. The number of hydrogen-bond acceptors (Lipinski definition) is 3. The van der Waals surface area contributed by atoms with E-state index in [2.05, 4.69) is 15.3 Å². The molecule has 2 rings (SSSR count). The highest BCUT2D eigenvalue weighted by molar-refractivity contribution is 5.40. The fourth-order valence-electron chi connectivity index (χ4n) is 1.26. The summed E-state index contributed by atoms with van der Waals surface area (Å²) in [5, 5.41) is 3.04. The van der Waals surface area contributed by atoms with E-state index in [9.17, 15) is 4.39 Å². The molecule has 0 spiro atoms. The van der Waals surface area contributed by atoms with Gasteiger partial charge in [0.25, 0.3) is 0 Å². The number of halogens is 1. The van der Waals surface area contributed by atoms with Gasteiger partial charge in [0, 0.05) is 25.5 Å². The zero-order valence-electron chi connectivity index (χ0n) is 8.31. The molecule has 0 aliphatic rings. The van der Waals surface area contributed by atoms with E-state index in [0.29, 0.717) is 12.2 Å². The molecule has 2 heterocycles. The number of hydrogen-bond donors (Lipinski definition) is 1. The van der Waals surface area contributed by atoms with Gasteiger partial charge in [-0.2, -0.15) is 0 Å². The molecule has 1 N–H and O–H groups in total. The van der Waals surface area contributed by atoms with Crippen LogP contribution in [-0.4, -0.2) is 14.5 Å². The predicted octanol–water partition coefficient (Wildman–Crippen LogP) is 1.57. The summed E-state index contributed by atoms with van der Waals surface area (Å²) in [6.45, 7) is 0.550. The second-order valence-electron chi connectivity index (χ2n) is 3.20. The van der Waals surface area contributed by atoms with Gasteiger partial charge in [-0.15, -0.1) is 0 Å². The largest absolute Gasteiger partial charge is 0.376 e. The third-order valence-corrected chi connectivity index (χ3v) is 2.08. The van der Waals surface area contributed by atoms with E-state index in [1.807, 2.05) is 17.8 Å². The summed E-state index contributed by atoms with van der Waals surface area (Å²) in [6, 6.07) is 1.40. The first-order valence-corrected chi connectivity index (χ1v) is 4.56. The summed E-state index contributed by atoms with van der Waals surface area (Å²) < 4.78 is 14.7. The average molecular weight is 206 g/mol. The van der Waals surface area contributed by atoms with Crippen molar-refractivity contribution >= 4 is 5.69 Å². The Hall–Kier alpha value is -1.91. The van der Waals surface area contributed by atoms with Crippen LogP contribution in [0.1, 0.15) is 5.82 Å². The van der Waals surface area contributed by atoms with Gasteiger partial charge in [0.2, 0.25) is 0 Å². The van der Waals surface area contributed by atoms with Crippen molar-refractivity contribution in [1.82, 2.24) is 14.5 Å². The standard InChI is InChI=1S/C10H11FN4/c1-15-3-2-13-10(15)7-14-9-4-8(11)5-12-6-9/h2-6,14H,7H2,1H3. The van der Waals surface area contributed by atoms with Crippen molar-refractivity contribution in [2.24, 2.45) is 7.05 Å². The minimum absolute atomic E-state index is 0.347. The van der Waals surface area contributed by atoms with E-state index >= 15 is 0 Å². The van der Waals surface area contributed by atoms with E-state index in [4.69, 9.17) is 0 Å². The highest BCUT2D eigenvalue weighted by Gasteiger charge is 1.99. The topological polar surface area (TPSA) is 42.7 Å². The molecule has 0 bridgehead atoms. The Bertz CT molecular complexity index is 452. The Labute approximate surface area is 86.8 Å². The molecule has 4 nitrogen and oxygen atoms in total. The molecule has 0 aliphatic heterocycles. The van der Waals surface area contributed by atoms with Gasteiger partial charge in [-0.1, -0.05) is 0 Å². The van der Waals surface area contributed by atoms with Crippen LogP contribution in [0.2, 0.25) is 0 Å². The molecular formula is C10H11FN4. The lowest BCUT2D eigenvalue weighted by Gasteiger charge is -2.05. The second kappa shape index (κ2) is 4.08. The van der Waals surface area contributed by atoms with Crippen LogP contribution in [0.5, 0.6) is 0 Å². The number of pyridine rings is 1. The monoisotopic (exact) mass is 206 g/mol. The Morgan fingerprint density at radius 3 is 3.00 bits per heavy atom. The van der Waals surface area contributed by atoms with E-state index in [1.165, 1.54) is 12.3 Å². The molecule has 0 atom stereocenters. The summed E-state index contributed by atoms with van der Waals surface area (Å²) in [5.74, 6) is 0.541.